The van der Waals surface area contributed by atoms with Crippen LogP contribution in [0.15, 0.2) is 66.2 Å². The Labute approximate surface area is 201 Å². The second-order valence-corrected chi connectivity index (χ2v) is 7.61. The smallest absolute Gasteiger partial charge is 0.266 e. The molecule has 8 heteroatoms. The van der Waals surface area contributed by atoms with E-state index >= 15 is 0 Å². The fraction of sp³-hybridized carbons (Fsp3) is 0.120. The number of benzene rings is 3. The molecule has 3 aromatic carbocycles. The van der Waals surface area contributed by atoms with Gasteiger partial charge in [-0.2, -0.15) is 5.26 Å². The number of ether oxygens (including phenoxy) is 3. The van der Waals surface area contributed by atoms with E-state index in [2.05, 4.69) is 5.32 Å². The molecule has 0 spiro atoms. The molecule has 3 rings (SSSR count). The van der Waals surface area contributed by atoms with Crippen LogP contribution in [-0.2, 0) is 11.4 Å². The van der Waals surface area contributed by atoms with Crippen molar-refractivity contribution >= 4 is 40.9 Å². The zero-order chi connectivity index (χ0) is 23.8. The number of nitrogens with one attached hydrogen (secondary N) is 1. The van der Waals surface area contributed by atoms with Crippen molar-refractivity contribution in [1.29, 1.82) is 5.26 Å². The van der Waals surface area contributed by atoms with Gasteiger partial charge < -0.3 is 19.5 Å². The van der Waals surface area contributed by atoms with Crippen LogP contribution < -0.4 is 19.5 Å². The quantitative estimate of drug-likeness (QED) is 0.308. The predicted molar refractivity (Wildman–Crippen MR) is 129 cm³/mol. The number of methoxy groups -OCH3 is 2. The maximum atomic E-state index is 12.7. The van der Waals surface area contributed by atoms with Crippen LogP contribution in [0.25, 0.3) is 6.08 Å². The lowest BCUT2D eigenvalue weighted by molar-refractivity contribution is -0.112. The number of hydrogen-bond donors (Lipinski definition) is 1. The summed E-state index contributed by atoms with van der Waals surface area (Å²) in [7, 11) is 3.09. The van der Waals surface area contributed by atoms with Crippen molar-refractivity contribution in [3.63, 3.8) is 0 Å². The molecule has 6 nitrogen and oxygen atoms in total. The number of nitriles is 1. The monoisotopic (exact) mass is 482 g/mol. The minimum atomic E-state index is -0.547. The first kappa shape index (κ1) is 24.0. The van der Waals surface area contributed by atoms with E-state index in [0.717, 1.165) is 5.56 Å². The van der Waals surface area contributed by atoms with E-state index in [1.54, 1.807) is 67.8 Å². The summed E-state index contributed by atoms with van der Waals surface area (Å²) in [6.45, 7) is 0.199. The maximum absolute atomic E-state index is 12.7. The largest absolute Gasteiger partial charge is 0.497 e. The van der Waals surface area contributed by atoms with E-state index in [4.69, 9.17) is 37.4 Å². The highest BCUT2D eigenvalue weighted by Crippen LogP contribution is 2.29. The van der Waals surface area contributed by atoms with Crippen molar-refractivity contribution in [1.82, 2.24) is 0 Å². The second-order valence-electron chi connectivity index (χ2n) is 6.79. The van der Waals surface area contributed by atoms with E-state index < -0.39 is 5.91 Å². The van der Waals surface area contributed by atoms with Gasteiger partial charge in [0, 0.05) is 17.3 Å². The lowest BCUT2D eigenvalue weighted by Crippen LogP contribution is -2.13. The summed E-state index contributed by atoms with van der Waals surface area (Å²) in [5.74, 6) is 1.11. The molecule has 0 heterocycles. The third-order valence-electron chi connectivity index (χ3n) is 4.61. The average Bonchev–Trinajstić information content (AvgIpc) is 2.84. The number of anilines is 1. The lowest BCUT2D eigenvalue weighted by atomic mass is 10.1. The van der Waals surface area contributed by atoms with Crippen molar-refractivity contribution in [2.45, 2.75) is 6.61 Å². The Morgan fingerprint density at radius 1 is 0.970 bits per heavy atom. The molecule has 1 N–H and O–H groups in total. The number of nitrogens with zero attached hydrogens (tertiary/aromatic N) is 1. The van der Waals surface area contributed by atoms with E-state index in [9.17, 15) is 10.1 Å². The highest BCUT2D eigenvalue weighted by Gasteiger charge is 2.13. The first-order valence-corrected chi connectivity index (χ1v) is 10.5. The molecule has 0 saturated heterocycles. The Morgan fingerprint density at radius 2 is 1.67 bits per heavy atom. The van der Waals surface area contributed by atoms with E-state index in [1.807, 2.05) is 6.07 Å². The third-order valence-corrected chi connectivity index (χ3v) is 5.35. The molecule has 0 atom stereocenters. The Kier molecular flexibility index (Phi) is 8.20. The summed E-state index contributed by atoms with van der Waals surface area (Å²) in [5, 5.41) is 13.2. The summed E-state index contributed by atoms with van der Waals surface area (Å²) in [6.07, 6.45) is 1.46. The van der Waals surface area contributed by atoms with Crippen LogP contribution in [0.5, 0.6) is 17.2 Å². The number of amides is 1. The van der Waals surface area contributed by atoms with Gasteiger partial charge in [0.25, 0.3) is 5.91 Å². The fourth-order valence-corrected chi connectivity index (χ4v) is 3.17. The number of halogens is 2. The molecule has 0 aromatic heterocycles. The molecule has 0 aliphatic rings. The van der Waals surface area contributed by atoms with Crippen molar-refractivity contribution in [2.75, 3.05) is 19.5 Å². The number of hydrogen-bond acceptors (Lipinski definition) is 5. The highest BCUT2D eigenvalue weighted by molar-refractivity contribution is 6.42. The number of rotatable bonds is 8. The van der Waals surface area contributed by atoms with E-state index in [0.29, 0.717) is 38.5 Å². The Bertz CT molecular complexity index is 1220. The van der Waals surface area contributed by atoms with Crippen LogP contribution in [0.4, 0.5) is 5.69 Å². The molecular weight excluding hydrogens is 463 g/mol. The second kappa shape index (κ2) is 11.3. The van der Waals surface area contributed by atoms with Crippen LogP contribution in [0.1, 0.15) is 11.1 Å². The Hall–Kier alpha value is -3.66. The van der Waals surface area contributed by atoms with Gasteiger partial charge >= 0.3 is 0 Å². The lowest BCUT2D eigenvalue weighted by Gasteiger charge is -2.12. The number of carbonyl (C=O) groups excluding carboxylic acids is 1. The zero-order valence-electron chi connectivity index (χ0n) is 17.9. The summed E-state index contributed by atoms with van der Waals surface area (Å²) in [4.78, 5) is 12.7. The van der Waals surface area contributed by atoms with Gasteiger partial charge in [0.1, 0.15) is 35.5 Å². The predicted octanol–water partition coefficient (Wildman–Crippen LogP) is 6.14. The molecule has 0 radical (unpaired) electrons. The van der Waals surface area contributed by atoms with Crippen molar-refractivity contribution in [3.05, 3.63) is 87.4 Å². The normalized spacial score (nSPS) is 10.8. The van der Waals surface area contributed by atoms with Crippen molar-refractivity contribution in [2.24, 2.45) is 0 Å². The van der Waals surface area contributed by atoms with Gasteiger partial charge in [-0.05, 0) is 60.2 Å². The van der Waals surface area contributed by atoms with E-state index in [1.165, 1.54) is 13.2 Å². The maximum Gasteiger partial charge on any atom is 0.266 e. The van der Waals surface area contributed by atoms with Gasteiger partial charge in [-0.3, -0.25) is 4.79 Å². The molecule has 0 aliphatic carbocycles. The van der Waals surface area contributed by atoms with Crippen molar-refractivity contribution < 1.29 is 19.0 Å². The topological polar surface area (TPSA) is 80.6 Å². The van der Waals surface area contributed by atoms with Crippen molar-refractivity contribution in [3.8, 4) is 23.3 Å². The standard InChI is InChI=1S/C25H20Cl2N2O4/c1-31-20-8-5-19(6-9-20)29-25(30)18(14-28)12-17-4-7-21(32-2)13-24(17)33-15-16-3-10-22(26)23(27)11-16/h3-13H,15H2,1-2H3,(H,29,30)/b18-12+. The van der Waals surface area contributed by atoms with E-state index in [-0.39, 0.29) is 12.2 Å². The third kappa shape index (κ3) is 6.42. The molecule has 0 bridgehead atoms. The minimum absolute atomic E-state index is 0.0876. The van der Waals surface area contributed by atoms with Crippen LogP contribution in [0, 0.1) is 11.3 Å². The minimum Gasteiger partial charge on any atom is -0.497 e. The average molecular weight is 483 g/mol. The van der Waals surface area contributed by atoms with Gasteiger partial charge in [0.2, 0.25) is 0 Å². The molecule has 0 unspecified atom stereocenters. The van der Waals surface area contributed by atoms with Crippen LogP contribution in [0.3, 0.4) is 0 Å². The van der Waals surface area contributed by atoms with Gasteiger partial charge in [-0.1, -0.05) is 29.3 Å². The molecule has 33 heavy (non-hydrogen) atoms. The number of carbonyl (C=O) groups is 1. The summed E-state index contributed by atoms with van der Waals surface area (Å²) >= 11 is 12.0. The highest BCUT2D eigenvalue weighted by atomic mass is 35.5. The van der Waals surface area contributed by atoms with Crippen LogP contribution >= 0.6 is 23.2 Å². The van der Waals surface area contributed by atoms with Gasteiger partial charge in [0.05, 0.1) is 24.3 Å². The van der Waals surface area contributed by atoms with Crippen LogP contribution in [0.2, 0.25) is 10.0 Å². The molecule has 0 aliphatic heterocycles. The van der Waals surface area contributed by atoms with Gasteiger partial charge in [-0.25, -0.2) is 0 Å². The zero-order valence-corrected chi connectivity index (χ0v) is 19.4. The molecule has 1 amide bonds. The SMILES string of the molecule is COc1ccc(NC(=O)/C(C#N)=C/c2ccc(OC)cc2OCc2ccc(Cl)c(Cl)c2)cc1. The van der Waals surface area contributed by atoms with Gasteiger partial charge in [0.15, 0.2) is 0 Å². The van der Waals surface area contributed by atoms with Gasteiger partial charge in [-0.15, -0.1) is 0 Å². The summed E-state index contributed by atoms with van der Waals surface area (Å²) in [6, 6.07) is 19.0. The molecule has 0 saturated carbocycles. The fourth-order valence-electron chi connectivity index (χ4n) is 2.85. The first-order chi connectivity index (χ1) is 15.9. The first-order valence-electron chi connectivity index (χ1n) is 9.75. The molecule has 0 fully saturated rings. The molecule has 3 aromatic rings. The van der Waals surface area contributed by atoms with Crippen LogP contribution in [-0.4, -0.2) is 20.1 Å². The summed E-state index contributed by atoms with van der Waals surface area (Å²) in [5.41, 5.74) is 1.79. The molecule has 168 valence electrons. The molecular formula is C25H20Cl2N2O4. The Morgan fingerprint density at radius 3 is 2.30 bits per heavy atom. The summed E-state index contributed by atoms with van der Waals surface area (Å²) < 4.78 is 16.3. The Balaban J connectivity index is 1.83.